The Morgan fingerprint density at radius 2 is 2.00 bits per heavy atom. The summed E-state index contributed by atoms with van der Waals surface area (Å²) in [5, 5.41) is 9.19. The SMILES string of the molecule is Cc1c(C(=O)N2CC(=O)N(C)C2)nnn1-c1cccc2cccnc12. The lowest BCUT2D eigenvalue weighted by molar-refractivity contribution is -0.125. The smallest absolute Gasteiger partial charge is 0.278 e. The third kappa shape index (κ3) is 2.42. The second-order valence-electron chi connectivity index (χ2n) is 6.02. The summed E-state index contributed by atoms with van der Waals surface area (Å²) in [6, 6.07) is 9.61. The van der Waals surface area contributed by atoms with Crippen molar-refractivity contribution >= 4 is 22.7 Å². The van der Waals surface area contributed by atoms with E-state index in [1.54, 1.807) is 24.9 Å². The number of likely N-dealkylation sites (N-methyl/N-ethyl adjacent to an activating group) is 1. The summed E-state index contributed by atoms with van der Waals surface area (Å²) >= 11 is 0. The normalized spacial score (nSPS) is 14.6. The van der Waals surface area contributed by atoms with Gasteiger partial charge in [-0.25, -0.2) is 4.68 Å². The van der Waals surface area contributed by atoms with E-state index in [1.807, 2.05) is 30.3 Å². The molecule has 0 unspecified atom stereocenters. The van der Waals surface area contributed by atoms with Crippen molar-refractivity contribution < 1.29 is 9.59 Å². The van der Waals surface area contributed by atoms with Crippen LogP contribution in [0.15, 0.2) is 36.5 Å². The fourth-order valence-electron chi connectivity index (χ4n) is 2.97. The third-order valence-electron chi connectivity index (χ3n) is 4.36. The molecule has 0 radical (unpaired) electrons. The van der Waals surface area contributed by atoms with Crippen molar-refractivity contribution in [1.29, 1.82) is 0 Å². The van der Waals surface area contributed by atoms with Gasteiger partial charge in [-0.15, -0.1) is 5.10 Å². The van der Waals surface area contributed by atoms with E-state index in [2.05, 4.69) is 15.3 Å². The Morgan fingerprint density at radius 1 is 1.20 bits per heavy atom. The highest BCUT2D eigenvalue weighted by Gasteiger charge is 2.31. The van der Waals surface area contributed by atoms with Gasteiger partial charge in [0.1, 0.15) is 6.54 Å². The van der Waals surface area contributed by atoms with Gasteiger partial charge in [0.05, 0.1) is 23.6 Å². The molecule has 1 aliphatic heterocycles. The first-order chi connectivity index (χ1) is 12.1. The van der Waals surface area contributed by atoms with Gasteiger partial charge in [0.15, 0.2) is 5.69 Å². The molecule has 0 aliphatic carbocycles. The molecule has 2 amide bonds. The predicted molar refractivity (Wildman–Crippen MR) is 90.1 cm³/mol. The summed E-state index contributed by atoms with van der Waals surface area (Å²) in [7, 11) is 1.67. The van der Waals surface area contributed by atoms with E-state index in [-0.39, 0.29) is 30.7 Å². The molecule has 1 saturated heterocycles. The number of amides is 2. The van der Waals surface area contributed by atoms with Crippen molar-refractivity contribution in [3.8, 4) is 5.69 Å². The van der Waals surface area contributed by atoms with E-state index < -0.39 is 0 Å². The molecule has 2 aromatic heterocycles. The van der Waals surface area contributed by atoms with Crippen LogP contribution < -0.4 is 0 Å². The van der Waals surface area contributed by atoms with E-state index in [1.165, 1.54) is 9.80 Å². The van der Waals surface area contributed by atoms with Crippen LogP contribution in [0.5, 0.6) is 0 Å². The third-order valence-corrected chi connectivity index (χ3v) is 4.36. The first-order valence-electron chi connectivity index (χ1n) is 7.86. The maximum absolute atomic E-state index is 12.7. The molecule has 0 saturated carbocycles. The molecule has 4 rings (SSSR count). The molecule has 0 spiro atoms. The molecule has 0 atom stereocenters. The number of nitrogens with zero attached hydrogens (tertiary/aromatic N) is 6. The van der Waals surface area contributed by atoms with Crippen molar-refractivity contribution in [1.82, 2.24) is 29.8 Å². The summed E-state index contributed by atoms with van der Waals surface area (Å²) in [6.45, 7) is 2.12. The minimum absolute atomic E-state index is 0.0669. The van der Waals surface area contributed by atoms with Crippen LogP contribution in [0, 0.1) is 6.92 Å². The average molecular weight is 336 g/mol. The topological polar surface area (TPSA) is 84.2 Å². The van der Waals surface area contributed by atoms with Crippen molar-refractivity contribution in [2.45, 2.75) is 6.92 Å². The molecule has 3 aromatic rings. The van der Waals surface area contributed by atoms with Crippen LogP contribution in [0.4, 0.5) is 0 Å². The highest BCUT2D eigenvalue weighted by atomic mass is 16.2. The number of carbonyl (C=O) groups excluding carboxylic acids is 2. The first kappa shape index (κ1) is 15.3. The Kier molecular flexibility index (Phi) is 3.45. The van der Waals surface area contributed by atoms with Crippen LogP contribution in [0.25, 0.3) is 16.6 Å². The summed E-state index contributed by atoms with van der Waals surface area (Å²) in [4.78, 5) is 31.7. The van der Waals surface area contributed by atoms with Crippen LogP contribution in [0.3, 0.4) is 0 Å². The van der Waals surface area contributed by atoms with Crippen molar-refractivity contribution in [3.05, 3.63) is 47.9 Å². The van der Waals surface area contributed by atoms with E-state index in [4.69, 9.17) is 0 Å². The molecule has 3 heterocycles. The quantitative estimate of drug-likeness (QED) is 0.697. The fraction of sp³-hybridized carbons (Fsp3) is 0.235. The van der Waals surface area contributed by atoms with Gasteiger partial charge in [0, 0.05) is 18.6 Å². The number of para-hydroxylation sites is 1. The van der Waals surface area contributed by atoms with Crippen LogP contribution in [0.1, 0.15) is 16.2 Å². The Labute approximate surface area is 143 Å². The summed E-state index contributed by atoms with van der Waals surface area (Å²) < 4.78 is 1.62. The lowest BCUT2D eigenvalue weighted by Crippen LogP contribution is -2.31. The number of carbonyl (C=O) groups is 2. The molecule has 1 aromatic carbocycles. The molecule has 1 aliphatic rings. The number of rotatable bonds is 2. The molecule has 126 valence electrons. The number of hydrogen-bond acceptors (Lipinski definition) is 5. The predicted octanol–water partition coefficient (Wildman–Crippen LogP) is 0.996. The van der Waals surface area contributed by atoms with Gasteiger partial charge >= 0.3 is 0 Å². The Balaban J connectivity index is 1.74. The van der Waals surface area contributed by atoms with Gasteiger partial charge in [-0.05, 0) is 19.1 Å². The number of pyridine rings is 1. The van der Waals surface area contributed by atoms with E-state index in [0.29, 0.717) is 5.69 Å². The molecule has 0 bridgehead atoms. The highest BCUT2D eigenvalue weighted by Crippen LogP contribution is 2.22. The Morgan fingerprint density at radius 3 is 2.76 bits per heavy atom. The average Bonchev–Trinajstić information content (AvgIpc) is 3.16. The lowest BCUT2D eigenvalue weighted by Gasteiger charge is -2.13. The van der Waals surface area contributed by atoms with E-state index in [9.17, 15) is 9.59 Å². The summed E-state index contributed by atoms with van der Waals surface area (Å²) in [5.74, 6) is -0.383. The number of aromatic nitrogens is 4. The molecule has 0 N–H and O–H groups in total. The minimum atomic E-state index is -0.297. The van der Waals surface area contributed by atoms with Gasteiger partial charge in [-0.1, -0.05) is 23.4 Å². The molecule has 1 fully saturated rings. The Hall–Kier alpha value is -3.29. The van der Waals surface area contributed by atoms with Crippen LogP contribution in [0.2, 0.25) is 0 Å². The number of hydrogen-bond donors (Lipinski definition) is 0. The zero-order chi connectivity index (χ0) is 17.6. The van der Waals surface area contributed by atoms with Gasteiger partial charge in [0.25, 0.3) is 5.91 Å². The minimum Gasteiger partial charge on any atom is -0.326 e. The maximum atomic E-state index is 12.7. The number of fused-ring (bicyclic) bond motifs is 1. The lowest BCUT2D eigenvalue weighted by atomic mass is 10.2. The molecule has 8 nitrogen and oxygen atoms in total. The standard InChI is InChI=1S/C17H16N6O2/c1-11-15(17(25)22-9-14(24)21(2)10-22)19-20-23(11)13-7-3-5-12-6-4-8-18-16(12)13/h3-8H,9-10H2,1-2H3. The second-order valence-corrected chi connectivity index (χ2v) is 6.02. The Bertz CT molecular complexity index is 990. The van der Waals surface area contributed by atoms with Gasteiger partial charge in [0.2, 0.25) is 5.91 Å². The van der Waals surface area contributed by atoms with E-state index >= 15 is 0 Å². The van der Waals surface area contributed by atoms with Crippen LogP contribution >= 0.6 is 0 Å². The van der Waals surface area contributed by atoms with Gasteiger partial charge in [-0.3, -0.25) is 14.6 Å². The summed E-state index contributed by atoms with van der Waals surface area (Å²) in [5.41, 5.74) is 2.41. The van der Waals surface area contributed by atoms with Crippen molar-refractivity contribution in [2.24, 2.45) is 0 Å². The first-order valence-corrected chi connectivity index (χ1v) is 7.86. The highest BCUT2D eigenvalue weighted by molar-refractivity contribution is 5.97. The molecular formula is C17H16N6O2. The molecule has 25 heavy (non-hydrogen) atoms. The van der Waals surface area contributed by atoms with Crippen molar-refractivity contribution in [3.63, 3.8) is 0 Å². The molecule has 8 heteroatoms. The second kappa shape index (κ2) is 5.66. The summed E-state index contributed by atoms with van der Waals surface area (Å²) in [6.07, 6.45) is 1.72. The molecular weight excluding hydrogens is 320 g/mol. The van der Waals surface area contributed by atoms with Gasteiger partial charge < -0.3 is 9.80 Å². The van der Waals surface area contributed by atoms with Gasteiger partial charge in [-0.2, -0.15) is 0 Å². The zero-order valence-corrected chi connectivity index (χ0v) is 13.9. The van der Waals surface area contributed by atoms with Crippen molar-refractivity contribution in [2.75, 3.05) is 20.3 Å². The zero-order valence-electron chi connectivity index (χ0n) is 13.9. The monoisotopic (exact) mass is 336 g/mol. The van der Waals surface area contributed by atoms with E-state index in [0.717, 1.165) is 16.6 Å². The van der Waals surface area contributed by atoms with Crippen LogP contribution in [-0.2, 0) is 4.79 Å². The fourth-order valence-corrected chi connectivity index (χ4v) is 2.97. The largest absolute Gasteiger partial charge is 0.326 e. The van der Waals surface area contributed by atoms with Crippen LogP contribution in [-0.4, -0.2) is 61.9 Å². The maximum Gasteiger partial charge on any atom is 0.278 e. The number of benzene rings is 1.